The van der Waals surface area contributed by atoms with E-state index in [0.29, 0.717) is 11.9 Å². The summed E-state index contributed by atoms with van der Waals surface area (Å²) in [5.41, 5.74) is 8.87. The monoisotopic (exact) mass is 227 g/mol. The smallest absolute Gasteiger partial charge is 0.220 e. The van der Waals surface area contributed by atoms with E-state index in [1.54, 1.807) is 6.20 Å². The molecule has 0 amide bonds. The number of rotatable bonds is 3. The third-order valence-corrected chi connectivity index (χ3v) is 2.57. The summed E-state index contributed by atoms with van der Waals surface area (Å²) >= 11 is 0. The Bertz CT molecular complexity index is 489. The third kappa shape index (κ3) is 3.03. The SMILES string of the molecule is CC(C)Cc1ccc(-c2ccnc(N)n2)cc1. The summed E-state index contributed by atoms with van der Waals surface area (Å²) in [5, 5.41) is 0. The van der Waals surface area contributed by atoms with Gasteiger partial charge in [0.25, 0.3) is 0 Å². The molecule has 88 valence electrons. The second-order valence-corrected chi connectivity index (χ2v) is 4.59. The molecule has 0 fully saturated rings. The van der Waals surface area contributed by atoms with Crippen molar-refractivity contribution in [2.24, 2.45) is 5.92 Å². The Morgan fingerprint density at radius 1 is 1.12 bits per heavy atom. The summed E-state index contributed by atoms with van der Waals surface area (Å²) in [7, 11) is 0. The van der Waals surface area contributed by atoms with Crippen LogP contribution in [0.15, 0.2) is 36.5 Å². The van der Waals surface area contributed by atoms with Gasteiger partial charge >= 0.3 is 0 Å². The molecule has 1 aromatic carbocycles. The van der Waals surface area contributed by atoms with Gasteiger partial charge in [0.05, 0.1) is 5.69 Å². The molecule has 3 heteroatoms. The molecule has 2 N–H and O–H groups in total. The van der Waals surface area contributed by atoms with Crippen molar-refractivity contribution in [3.63, 3.8) is 0 Å². The van der Waals surface area contributed by atoms with Gasteiger partial charge in [-0.25, -0.2) is 9.97 Å². The molecule has 0 radical (unpaired) electrons. The largest absolute Gasteiger partial charge is 0.368 e. The van der Waals surface area contributed by atoms with Gasteiger partial charge in [-0.2, -0.15) is 0 Å². The van der Waals surface area contributed by atoms with Crippen LogP contribution in [0.1, 0.15) is 19.4 Å². The molecule has 0 saturated carbocycles. The Morgan fingerprint density at radius 2 is 1.82 bits per heavy atom. The zero-order chi connectivity index (χ0) is 12.3. The van der Waals surface area contributed by atoms with Crippen LogP contribution in [0.5, 0.6) is 0 Å². The number of aromatic nitrogens is 2. The van der Waals surface area contributed by atoms with Crippen molar-refractivity contribution in [1.82, 2.24) is 9.97 Å². The predicted molar refractivity (Wildman–Crippen MR) is 70.4 cm³/mol. The topological polar surface area (TPSA) is 51.8 Å². The van der Waals surface area contributed by atoms with Gasteiger partial charge in [-0.15, -0.1) is 0 Å². The zero-order valence-electron chi connectivity index (χ0n) is 10.2. The first kappa shape index (κ1) is 11.6. The normalized spacial score (nSPS) is 10.8. The van der Waals surface area contributed by atoms with Crippen LogP contribution >= 0.6 is 0 Å². The highest BCUT2D eigenvalue weighted by molar-refractivity contribution is 5.59. The summed E-state index contributed by atoms with van der Waals surface area (Å²) in [6.07, 6.45) is 2.78. The second-order valence-electron chi connectivity index (χ2n) is 4.59. The van der Waals surface area contributed by atoms with E-state index in [4.69, 9.17) is 5.73 Å². The fourth-order valence-corrected chi connectivity index (χ4v) is 1.82. The fourth-order valence-electron chi connectivity index (χ4n) is 1.82. The van der Waals surface area contributed by atoms with E-state index < -0.39 is 0 Å². The minimum atomic E-state index is 0.314. The van der Waals surface area contributed by atoms with Crippen LogP contribution in [0.2, 0.25) is 0 Å². The molecule has 0 aliphatic heterocycles. The molecule has 0 aliphatic carbocycles. The molecule has 0 saturated heterocycles. The molecule has 1 heterocycles. The molecule has 0 spiro atoms. The Kier molecular flexibility index (Phi) is 3.38. The number of hydrogen-bond donors (Lipinski definition) is 1. The van der Waals surface area contributed by atoms with Crippen LogP contribution < -0.4 is 5.73 Å². The highest BCUT2D eigenvalue weighted by Gasteiger charge is 2.02. The lowest BCUT2D eigenvalue weighted by Gasteiger charge is -2.06. The van der Waals surface area contributed by atoms with Crippen LogP contribution in [0.4, 0.5) is 5.95 Å². The van der Waals surface area contributed by atoms with E-state index in [9.17, 15) is 0 Å². The molecule has 0 unspecified atom stereocenters. The minimum absolute atomic E-state index is 0.314. The van der Waals surface area contributed by atoms with E-state index in [1.165, 1.54) is 5.56 Å². The summed E-state index contributed by atoms with van der Waals surface area (Å²) in [5.74, 6) is 0.990. The Labute approximate surface area is 102 Å². The van der Waals surface area contributed by atoms with Crippen molar-refractivity contribution in [2.75, 3.05) is 5.73 Å². The van der Waals surface area contributed by atoms with Crippen molar-refractivity contribution < 1.29 is 0 Å². The first-order chi connectivity index (χ1) is 8.15. The minimum Gasteiger partial charge on any atom is -0.368 e. The average molecular weight is 227 g/mol. The zero-order valence-corrected chi connectivity index (χ0v) is 10.2. The Balaban J connectivity index is 2.23. The van der Waals surface area contributed by atoms with Crippen molar-refractivity contribution in [3.05, 3.63) is 42.1 Å². The highest BCUT2D eigenvalue weighted by Crippen LogP contribution is 2.18. The number of anilines is 1. The van der Waals surface area contributed by atoms with Crippen molar-refractivity contribution in [1.29, 1.82) is 0 Å². The lowest BCUT2D eigenvalue weighted by molar-refractivity contribution is 0.647. The maximum atomic E-state index is 5.57. The molecule has 0 bridgehead atoms. The van der Waals surface area contributed by atoms with Crippen LogP contribution in [-0.2, 0) is 6.42 Å². The highest BCUT2D eigenvalue weighted by atomic mass is 15.0. The Morgan fingerprint density at radius 3 is 2.41 bits per heavy atom. The van der Waals surface area contributed by atoms with Gasteiger partial charge in [-0.05, 0) is 24.0 Å². The van der Waals surface area contributed by atoms with Gasteiger partial charge in [0.15, 0.2) is 0 Å². The summed E-state index contributed by atoms with van der Waals surface area (Å²) in [6.45, 7) is 4.44. The summed E-state index contributed by atoms with van der Waals surface area (Å²) in [4.78, 5) is 8.09. The molecular formula is C14H17N3. The third-order valence-electron chi connectivity index (χ3n) is 2.57. The van der Waals surface area contributed by atoms with Crippen molar-refractivity contribution in [3.8, 4) is 11.3 Å². The maximum absolute atomic E-state index is 5.57. The van der Waals surface area contributed by atoms with Crippen LogP contribution in [-0.4, -0.2) is 9.97 Å². The standard InChI is InChI=1S/C14H17N3/c1-10(2)9-11-3-5-12(6-4-11)13-7-8-16-14(15)17-13/h3-8,10H,9H2,1-2H3,(H2,15,16,17). The Hall–Kier alpha value is -1.90. The molecule has 2 rings (SSSR count). The first-order valence-electron chi connectivity index (χ1n) is 5.83. The molecule has 3 nitrogen and oxygen atoms in total. The number of nitrogens with zero attached hydrogens (tertiary/aromatic N) is 2. The lowest BCUT2D eigenvalue weighted by atomic mass is 10.0. The molecule has 17 heavy (non-hydrogen) atoms. The first-order valence-corrected chi connectivity index (χ1v) is 5.83. The van der Waals surface area contributed by atoms with Crippen molar-refractivity contribution in [2.45, 2.75) is 20.3 Å². The molecule has 2 aromatic rings. The van der Waals surface area contributed by atoms with Gasteiger partial charge < -0.3 is 5.73 Å². The van der Waals surface area contributed by atoms with E-state index in [-0.39, 0.29) is 0 Å². The summed E-state index contributed by atoms with van der Waals surface area (Å²) in [6, 6.07) is 10.3. The number of nitrogen functional groups attached to an aromatic ring is 1. The quantitative estimate of drug-likeness (QED) is 0.877. The average Bonchev–Trinajstić information content (AvgIpc) is 2.29. The van der Waals surface area contributed by atoms with E-state index in [2.05, 4.69) is 48.1 Å². The van der Waals surface area contributed by atoms with Crippen LogP contribution in [0.25, 0.3) is 11.3 Å². The maximum Gasteiger partial charge on any atom is 0.220 e. The number of hydrogen-bond acceptors (Lipinski definition) is 3. The van der Waals surface area contributed by atoms with Gasteiger partial charge in [0.2, 0.25) is 5.95 Å². The van der Waals surface area contributed by atoms with E-state index in [0.717, 1.165) is 17.7 Å². The number of nitrogens with two attached hydrogens (primary N) is 1. The molecule has 0 atom stereocenters. The fraction of sp³-hybridized carbons (Fsp3) is 0.286. The molecule has 0 aliphatic rings. The van der Waals surface area contributed by atoms with Crippen molar-refractivity contribution >= 4 is 5.95 Å². The van der Waals surface area contributed by atoms with Gasteiger partial charge in [0.1, 0.15) is 0 Å². The second kappa shape index (κ2) is 4.95. The van der Waals surface area contributed by atoms with Gasteiger partial charge in [-0.3, -0.25) is 0 Å². The van der Waals surface area contributed by atoms with Gasteiger partial charge in [-0.1, -0.05) is 38.1 Å². The van der Waals surface area contributed by atoms with Gasteiger partial charge in [0, 0.05) is 11.8 Å². The van der Waals surface area contributed by atoms with E-state index in [1.807, 2.05) is 6.07 Å². The van der Waals surface area contributed by atoms with Crippen LogP contribution in [0.3, 0.4) is 0 Å². The lowest BCUT2D eigenvalue weighted by Crippen LogP contribution is -1.96. The van der Waals surface area contributed by atoms with Crippen LogP contribution in [0, 0.1) is 5.92 Å². The summed E-state index contributed by atoms with van der Waals surface area (Å²) < 4.78 is 0. The predicted octanol–water partition coefficient (Wildman–Crippen LogP) is 2.92. The number of benzene rings is 1. The van der Waals surface area contributed by atoms with E-state index >= 15 is 0 Å². The molecular weight excluding hydrogens is 210 g/mol. The molecule has 1 aromatic heterocycles.